The molecule has 0 unspecified atom stereocenters. The van der Waals surface area contributed by atoms with E-state index < -0.39 is 0 Å². The van der Waals surface area contributed by atoms with E-state index in [0.717, 1.165) is 5.65 Å². The van der Waals surface area contributed by atoms with Gasteiger partial charge in [-0.05, 0) is 18.1 Å². The molecule has 2 aromatic rings. The van der Waals surface area contributed by atoms with Gasteiger partial charge in [0.05, 0.1) is 5.69 Å². The summed E-state index contributed by atoms with van der Waals surface area (Å²) in [5.74, 6) is 1.16. The van der Waals surface area contributed by atoms with E-state index in [1.165, 1.54) is 5.69 Å². The van der Waals surface area contributed by atoms with Crippen molar-refractivity contribution in [1.29, 1.82) is 0 Å². The van der Waals surface area contributed by atoms with Gasteiger partial charge in [0.1, 0.15) is 5.65 Å². The van der Waals surface area contributed by atoms with Crippen molar-refractivity contribution in [3.63, 3.8) is 0 Å². The lowest BCUT2D eigenvalue weighted by molar-refractivity contribution is 0.526. The lowest BCUT2D eigenvalue weighted by atomic mass is 9.95. The summed E-state index contributed by atoms with van der Waals surface area (Å²) in [5, 5.41) is 0. The van der Waals surface area contributed by atoms with E-state index in [-0.39, 0.29) is 0 Å². The highest BCUT2D eigenvalue weighted by molar-refractivity contribution is 5.40. The van der Waals surface area contributed by atoms with Gasteiger partial charge in [0.2, 0.25) is 0 Å². The molecule has 0 spiro atoms. The molecule has 0 fully saturated rings. The standard InChI is InChI=1S/C12H16N2/c1-9(2)10(3)11-8-14-7-5-4-6-12(14)13-11/h4-10H,1-3H3/t10-/m1/s1. The number of fused-ring (bicyclic) bond motifs is 1. The molecule has 0 aliphatic heterocycles. The summed E-state index contributed by atoms with van der Waals surface area (Å²) in [6.45, 7) is 6.69. The zero-order chi connectivity index (χ0) is 10.1. The van der Waals surface area contributed by atoms with Crippen molar-refractivity contribution >= 4 is 5.65 Å². The van der Waals surface area contributed by atoms with E-state index in [1.807, 2.05) is 24.4 Å². The van der Waals surface area contributed by atoms with Crippen molar-refractivity contribution in [3.8, 4) is 0 Å². The Morgan fingerprint density at radius 3 is 2.64 bits per heavy atom. The molecule has 2 heteroatoms. The quantitative estimate of drug-likeness (QED) is 0.708. The monoisotopic (exact) mass is 188 g/mol. The molecule has 2 nitrogen and oxygen atoms in total. The third-order valence-corrected chi connectivity index (χ3v) is 2.85. The molecule has 0 saturated carbocycles. The number of nitrogens with zero attached hydrogens (tertiary/aromatic N) is 2. The third-order valence-electron chi connectivity index (χ3n) is 2.85. The molecule has 2 aromatic heterocycles. The first-order valence-electron chi connectivity index (χ1n) is 5.12. The molecular formula is C12H16N2. The number of hydrogen-bond donors (Lipinski definition) is 0. The number of aromatic nitrogens is 2. The summed E-state index contributed by atoms with van der Waals surface area (Å²) in [6, 6.07) is 6.08. The maximum atomic E-state index is 4.60. The van der Waals surface area contributed by atoms with E-state index in [2.05, 4.69) is 36.4 Å². The molecule has 2 rings (SSSR count). The van der Waals surface area contributed by atoms with Gasteiger partial charge in [-0.1, -0.05) is 26.8 Å². The van der Waals surface area contributed by atoms with Gasteiger partial charge in [-0.15, -0.1) is 0 Å². The van der Waals surface area contributed by atoms with Crippen LogP contribution in [0, 0.1) is 5.92 Å². The van der Waals surface area contributed by atoms with Crippen molar-refractivity contribution in [2.75, 3.05) is 0 Å². The van der Waals surface area contributed by atoms with Crippen molar-refractivity contribution in [2.45, 2.75) is 26.7 Å². The van der Waals surface area contributed by atoms with Crippen LogP contribution in [0.2, 0.25) is 0 Å². The summed E-state index contributed by atoms with van der Waals surface area (Å²) >= 11 is 0. The Morgan fingerprint density at radius 2 is 2.00 bits per heavy atom. The average Bonchev–Trinajstić information content (AvgIpc) is 2.59. The van der Waals surface area contributed by atoms with Gasteiger partial charge in [0.25, 0.3) is 0 Å². The van der Waals surface area contributed by atoms with Gasteiger partial charge in [-0.2, -0.15) is 0 Å². The van der Waals surface area contributed by atoms with Crippen molar-refractivity contribution in [1.82, 2.24) is 9.38 Å². The van der Waals surface area contributed by atoms with Gasteiger partial charge in [0.15, 0.2) is 0 Å². The maximum absolute atomic E-state index is 4.60. The summed E-state index contributed by atoms with van der Waals surface area (Å²) < 4.78 is 2.08. The lowest BCUT2D eigenvalue weighted by Gasteiger charge is -2.11. The fourth-order valence-corrected chi connectivity index (χ4v) is 1.52. The Morgan fingerprint density at radius 1 is 1.21 bits per heavy atom. The molecular weight excluding hydrogens is 172 g/mol. The second-order valence-corrected chi connectivity index (χ2v) is 4.16. The van der Waals surface area contributed by atoms with Gasteiger partial charge in [0, 0.05) is 18.3 Å². The van der Waals surface area contributed by atoms with Crippen LogP contribution in [-0.4, -0.2) is 9.38 Å². The van der Waals surface area contributed by atoms with Gasteiger partial charge in [-0.3, -0.25) is 0 Å². The first kappa shape index (κ1) is 9.25. The van der Waals surface area contributed by atoms with Crippen LogP contribution in [0.3, 0.4) is 0 Å². The van der Waals surface area contributed by atoms with Crippen molar-refractivity contribution in [3.05, 3.63) is 36.3 Å². The summed E-state index contributed by atoms with van der Waals surface area (Å²) in [7, 11) is 0. The topological polar surface area (TPSA) is 17.3 Å². The van der Waals surface area contributed by atoms with E-state index in [9.17, 15) is 0 Å². The van der Waals surface area contributed by atoms with E-state index in [1.54, 1.807) is 0 Å². The number of pyridine rings is 1. The van der Waals surface area contributed by atoms with Crippen molar-refractivity contribution in [2.24, 2.45) is 5.92 Å². The highest BCUT2D eigenvalue weighted by atomic mass is 15.0. The molecule has 74 valence electrons. The predicted molar refractivity (Wildman–Crippen MR) is 58.4 cm³/mol. The normalized spacial score (nSPS) is 13.7. The summed E-state index contributed by atoms with van der Waals surface area (Å²) in [5.41, 5.74) is 2.22. The predicted octanol–water partition coefficient (Wildman–Crippen LogP) is 3.09. The molecule has 14 heavy (non-hydrogen) atoms. The lowest BCUT2D eigenvalue weighted by Crippen LogP contribution is -2.01. The largest absolute Gasteiger partial charge is 0.307 e. The fraction of sp³-hybridized carbons (Fsp3) is 0.417. The molecule has 1 atom stereocenters. The van der Waals surface area contributed by atoms with Crippen LogP contribution in [0.15, 0.2) is 30.6 Å². The highest BCUT2D eigenvalue weighted by Gasteiger charge is 2.12. The minimum absolute atomic E-state index is 0.523. The Kier molecular flexibility index (Phi) is 2.28. The third kappa shape index (κ3) is 1.52. The average molecular weight is 188 g/mol. The molecule has 0 aromatic carbocycles. The minimum atomic E-state index is 0.523. The van der Waals surface area contributed by atoms with E-state index >= 15 is 0 Å². The Bertz CT molecular complexity index is 396. The molecule has 0 saturated heterocycles. The Hall–Kier alpha value is -1.31. The fourth-order valence-electron chi connectivity index (χ4n) is 1.52. The van der Waals surface area contributed by atoms with Crippen LogP contribution in [0.4, 0.5) is 0 Å². The molecule has 0 bridgehead atoms. The zero-order valence-electron chi connectivity index (χ0n) is 8.94. The van der Waals surface area contributed by atoms with E-state index in [0.29, 0.717) is 11.8 Å². The zero-order valence-corrected chi connectivity index (χ0v) is 8.94. The summed E-state index contributed by atoms with van der Waals surface area (Å²) in [6.07, 6.45) is 4.17. The van der Waals surface area contributed by atoms with Crippen LogP contribution in [0.1, 0.15) is 32.4 Å². The molecule has 0 aliphatic carbocycles. The van der Waals surface area contributed by atoms with Crippen LogP contribution in [-0.2, 0) is 0 Å². The maximum Gasteiger partial charge on any atom is 0.136 e. The first-order chi connectivity index (χ1) is 6.68. The van der Waals surface area contributed by atoms with Crippen LogP contribution in [0.5, 0.6) is 0 Å². The van der Waals surface area contributed by atoms with Gasteiger partial charge in [-0.25, -0.2) is 4.98 Å². The Labute approximate surface area is 84.6 Å². The molecule has 0 N–H and O–H groups in total. The number of rotatable bonds is 2. The highest BCUT2D eigenvalue weighted by Crippen LogP contribution is 2.22. The second-order valence-electron chi connectivity index (χ2n) is 4.16. The molecule has 0 radical (unpaired) electrons. The minimum Gasteiger partial charge on any atom is -0.307 e. The smallest absolute Gasteiger partial charge is 0.136 e. The number of hydrogen-bond acceptors (Lipinski definition) is 1. The Balaban J connectivity index is 2.45. The molecule has 0 aliphatic rings. The van der Waals surface area contributed by atoms with Gasteiger partial charge < -0.3 is 4.40 Å². The molecule has 0 amide bonds. The first-order valence-corrected chi connectivity index (χ1v) is 5.12. The van der Waals surface area contributed by atoms with Crippen LogP contribution >= 0.6 is 0 Å². The number of imidazole rings is 1. The second kappa shape index (κ2) is 3.45. The van der Waals surface area contributed by atoms with Crippen LogP contribution in [0.25, 0.3) is 5.65 Å². The SMILES string of the molecule is CC(C)[C@@H](C)c1cn2ccccc2n1. The van der Waals surface area contributed by atoms with E-state index in [4.69, 9.17) is 0 Å². The molecule has 2 heterocycles. The van der Waals surface area contributed by atoms with Crippen LogP contribution < -0.4 is 0 Å². The summed E-state index contributed by atoms with van der Waals surface area (Å²) in [4.78, 5) is 4.60. The van der Waals surface area contributed by atoms with Gasteiger partial charge >= 0.3 is 0 Å². The van der Waals surface area contributed by atoms with Crippen molar-refractivity contribution < 1.29 is 0 Å².